The van der Waals surface area contributed by atoms with Crippen LogP contribution in [-0.4, -0.2) is 64.4 Å². The van der Waals surface area contributed by atoms with E-state index >= 15 is 0 Å². The maximum Gasteiger partial charge on any atom is 0.301 e. The summed E-state index contributed by atoms with van der Waals surface area (Å²) < 4.78 is 36.2. The largest absolute Gasteiger partial charge is 0.388 e. The van der Waals surface area contributed by atoms with Gasteiger partial charge in [-0.3, -0.25) is 14.7 Å². The van der Waals surface area contributed by atoms with Gasteiger partial charge < -0.3 is 25.4 Å². The van der Waals surface area contributed by atoms with Gasteiger partial charge in [0.2, 0.25) is 0 Å². The zero-order valence-corrected chi connectivity index (χ0v) is 12.3. The highest BCUT2D eigenvalue weighted by Gasteiger charge is 2.37. The average Bonchev–Trinajstić information content (AvgIpc) is 2.46. The molecule has 11 nitrogen and oxygen atoms in total. The lowest BCUT2D eigenvalue weighted by Crippen LogP contribution is -2.55. The molecule has 4 atom stereocenters. The summed E-state index contributed by atoms with van der Waals surface area (Å²) in [4.78, 5) is 9.04. The molecule has 1 aliphatic rings. The molecule has 0 aliphatic carbocycles. The molecule has 12 heteroatoms. The smallest absolute Gasteiger partial charge is 0.301 e. The number of aliphatic hydroxyl groups excluding tert-OH is 3. The summed E-state index contributed by atoms with van der Waals surface area (Å²) in [6, 6.07) is 2.76. The molecule has 0 aromatic heterocycles. The number of nitrogens with zero attached hydrogens (tertiary/aromatic N) is 1. The summed E-state index contributed by atoms with van der Waals surface area (Å²) in [6.07, 6.45) is -5.45. The van der Waals surface area contributed by atoms with Gasteiger partial charge in [0.25, 0.3) is 5.69 Å². The monoisotopic (exact) mass is 350 g/mol. The van der Waals surface area contributed by atoms with Gasteiger partial charge in [-0.05, 0) is 12.1 Å². The van der Waals surface area contributed by atoms with Crippen LogP contribution in [0.25, 0.3) is 0 Å². The van der Waals surface area contributed by atoms with E-state index in [0.29, 0.717) is 0 Å². The maximum absolute atomic E-state index is 11.1. The molecule has 1 aromatic rings. The van der Waals surface area contributed by atoms with Crippen LogP contribution in [0, 0.1) is 10.1 Å². The number of nitrogens with one attached hydrogen (secondary N) is 1. The first-order valence-electron chi connectivity index (χ1n) is 6.29. The van der Waals surface area contributed by atoms with E-state index in [4.69, 9.17) is 9.29 Å². The third-order valence-corrected chi connectivity index (χ3v) is 4.14. The van der Waals surface area contributed by atoms with E-state index in [1.807, 2.05) is 0 Å². The van der Waals surface area contributed by atoms with Crippen molar-refractivity contribution < 1.29 is 38.0 Å². The molecule has 5 N–H and O–H groups in total. The first-order valence-corrected chi connectivity index (χ1v) is 7.73. The lowest BCUT2D eigenvalue weighted by atomic mass is 10.0. The summed E-state index contributed by atoms with van der Waals surface area (Å²) in [6.45, 7) is -0.277. The Morgan fingerprint density at radius 2 is 1.91 bits per heavy atom. The predicted octanol–water partition coefficient (Wildman–Crippen LogP) is -1.31. The van der Waals surface area contributed by atoms with Crippen molar-refractivity contribution in [1.82, 2.24) is 0 Å². The molecule has 23 heavy (non-hydrogen) atoms. The molecule has 1 heterocycles. The van der Waals surface area contributed by atoms with Crippen molar-refractivity contribution in [2.24, 2.45) is 0 Å². The standard InChI is InChI=1S/C11H14N2O9S/c14-7-4-22-11(10(16)9(7)15)12-5-1-2-8(23(19,20)21)6(3-5)13(17)18/h1-3,7,9-12,14-16H,4H2,(H,19,20,21)/t7-,9+,10-,11+/m0/s1. The Labute approximate surface area is 130 Å². The van der Waals surface area contributed by atoms with Crippen LogP contribution in [0.3, 0.4) is 0 Å². The normalized spacial score (nSPS) is 28.3. The van der Waals surface area contributed by atoms with Crippen molar-refractivity contribution >= 4 is 21.5 Å². The van der Waals surface area contributed by atoms with E-state index < -0.39 is 50.2 Å². The van der Waals surface area contributed by atoms with Crippen molar-refractivity contribution in [3.8, 4) is 0 Å². The molecule has 2 rings (SSSR count). The number of rotatable bonds is 4. The molecule has 1 aliphatic heterocycles. The number of anilines is 1. The second-order valence-electron chi connectivity index (χ2n) is 4.86. The zero-order chi connectivity index (χ0) is 17.4. The molecule has 0 amide bonds. The van der Waals surface area contributed by atoms with Crippen LogP contribution >= 0.6 is 0 Å². The van der Waals surface area contributed by atoms with E-state index in [1.165, 1.54) is 0 Å². The topological polar surface area (TPSA) is 179 Å². The molecule has 0 radical (unpaired) electrons. The van der Waals surface area contributed by atoms with E-state index in [2.05, 4.69) is 5.32 Å². The van der Waals surface area contributed by atoms with Crippen LogP contribution in [0.4, 0.5) is 11.4 Å². The molecule has 1 aromatic carbocycles. The van der Waals surface area contributed by atoms with Gasteiger partial charge in [0.1, 0.15) is 18.3 Å². The van der Waals surface area contributed by atoms with Gasteiger partial charge in [-0.2, -0.15) is 8.42 Å². The number of nitro groups is 1. The predicted molar refractivity (Wildman–Crippen MR) is 74.3 cm³/mol. The van der Waals surface area contributed by atoms with Crippen molar-refractivity contribution in [3.05, 3.63) is 28.3 Å². The Kier molecular flexibility index (Phi) is 4.84. The van der Waals surface area contributed by atoms with Crippen molar-refractivity contribution in [3.63, 3.8) is 0 Å². The number of benzene rings is 1. The highest BCUT2D eigenvalue weighted by Crippen LogP contribution is 2.28. The van der Waals surface area contributed by atoms with Gasteiger partial charge >= 0.3 is 10.1 Å². The highest BCUT2D eigenvalue weighted by atomic mass is 32.2. The fourth-order valence-electron chi connectivity index (χ4n) is 2.07. The Bertz CT molecular complexity index is 707. The van der Waals surface area contributed by atoms with Gasteiger partial charge in [0.05, 0.1) is 11.5 Å². The van der Waals surface area contributed by atoms with Gasteiger partial charge in [0, 0.05) is 11.8 Å². The molecule has 0 unspecified atom stereocenters. The number of hydrogen-bond donors (Lipinski definition) is 5. The van der Waals surface area contributed by atoms with E-state index in [9.17, 15) is 33.9 Å². The Hall–Kier alpha value is -1.83. The van der Waals surface area contributed by atoms with Gasteiger partial charge in [-0.15, -0.1) is 0 Å². The molecule has 1 fully saturated rings. The number of aliphatic hydroxyl groups is 3. The summed E-state index contributed by atoms with van der Waals surface area (Å²) in [7, 11) is -4.78. The lowest BCUT2D eigenvalue weighted by Gasteiger charge is -2.35. The Morgan fingerprint density at radius 1 is 1.26 bits per heavy atom. The molecular formula is C11H14N2O9S. The SMILES string of the molecule is O=[N+]([O-])c1cc(N[C@@H]2OC[C@H](O)[C@@H](O)[C@@H]2O)ccc1S(=O)(=O)O. The first-order chi connectivity index (χ1) is 10.6. The van der Waals surface area contributed by atoms with Crippen molar-refractivity contribution in [2.45, 2.75) is 29.4 Å². The number of ether oxygens (including phenoxy) is 1. The molecule has 0 bridgehead atoms. The summed E-state index contributed by atoms with van der Waals surface area (Å²) in [5.41, 5.74) is -0.861. The van der Waals surface area contributed by atoms with Crippen molar-refractivity contribution in [2.75, 3.05) is 11.9 Å². The summed E-state index contributed by atoms with van der Waals surface area (Å²) in [5.74, 6) is 0. The van der Waals surface area contributed by atoms with Gasteiger partial charge in [0.15, 0.2) is 11.1 Å². The molecule has 0 spiro atoms. The molecular weight excluding hydrogens is 336 g/mol. The van der Waals surface area contributed by atoms with Crippen LogP contribution in [0.5, 0.6) is 0 Å². The molecule has 1 saturated heterocycles. The summed E-state index contributed by atoms with van der Waals surface area (Å²) >= 11 is 0. The maximum atomic E-state index is 11.1. The summed E-state index contributed by atoms with van der Waals surface area (Å²) in [5, 5.41) is 42.1. The van der Waals surface area contributed by atoms with Crippen LogP contribution < -0.4 is 5.32 Å². The zero-order valence-electron chi connectivity index (χ0n) is 11.4. The molecule has 0 saturated carbocycles. The fraction of sp³-hybridized carbons (Fsp3) is 0.455. The lowest BCUT2D eigenvalue weighted by molar-refractivity contribution is -0.387. The minimum absolute atomic E-state index is 0.0109. The number of nitro benzene ring substituents is 1. The van der Waals surface area contributed by atoms with Crippen LogP contribution in [0.1, 0.15) is 0 Å². The van der Waals surface area contributed by atoms with Crippen LogP contribution in [0.2, 0.25) is 0 Å². The van der Waals surface area contributed by atoms with Gasteiger partial charge in [-0.1, -0.05) is 0 Å². The van der Waals surface area contributed by atoms with E-state index in [-0.39, 0.29) is 12.3 Å². The fourth-order valence-corrected chi connectivity index (χ4v) is 2.70. The van der Waals surface area contributed by atoms with Crippen molar-refractivity contribution in [1.29, 1.82) is 0 Å². The molecule has 128 valence electrons. The third-order valence-electron chi connectivity index (χ3n) is 3.24. The Balaban J connectivity index is 2.28. The van der Waals surface area contributed by atoms with Gasteiger partial charge in [-0.25, -0.2) is 0 Å². The second-order valence-corrected chi connectivity index (χ2v) is 6.25. The minimum Gasteiger partial charge on any atom is -0.388 e. The third kappa shape index (κ3) is 3.74. The van der Waals surface area contributed by atoms with Crippen LogP contribution in [0.15, 0.2) is 23.1 Å². The quantitative estimate of drug-likeness (QED) is 0.248. The first kappa shape index (κ1) is 17.5. The average molecular weight is 350 g/mol. The number of hydrogen-bond acceptors (Lipinski definition) is 9. The Morgan fingerprint density at radius 3 is 2.48 bits per heavy atom. The van der Waals surface area contributed by atoms with E-state index in [1.54, 1.807) is 0 Å². The van der Waals surface area contributed by atoms with Crippen LogP contribution in [-0.2, 0) is 14.9 Å². The highest BCUT2D eigenvalue weighted by molar-refractivity contribution is 7.86. The second kappa shape index (κ2) is 6.35. The van der Waals surface area contributed by atoms with E-state index in [0.717, 1.165) is 18.2 Å². The minimum atomic E-state index is -4.78.